The molecule has 0 aliphatic rings. The summed E-state index contributed by atoms with van der Waals surface area (Å²) >= 11 is 7.74. The van der Waals surface area contributed by atoms with Gasteiger partial charge in [-0.2, -0.15) is 0 Å². The Morgan fingerprint density at radius 1 is 1.44 bits per heavy atom. The third-order valence-corrected chi connectivity index (χ3v) is 3.31. The summed E-state index contributed by atoms with van der Waals surface area (Å²) < 4.78 is 6.49. The third kappa shape index (κ3) is 2.23. The monoisotopic (exact) mass is 256 g/mol. The minimum Gasteiger partial charge on any atom is -0.494 e. The fraction of sp³-hybridized carbons (Fsp3) is 0.364. The van der Waals surface area contributed by atoms with Crippen LogP contribution in [0.4, 0.5) is 5.13 Å². The second-order valence-corrected chi connectivity index (χ2v) is 4.67. The van der Waals surface area contributed by atoms with Crippen LogP contribution in [0.3, 0.4) is 0 Å². The van der Waals surface area contributed by atoms with Crippen LogP contribution in [-0.2, 0) is 0 Å². The molecule has 0 aliphatic carbocycles. The normalized spacial score (nSPS) is 10.7. The molecule has 2 aromatic rings. The molecule has 0 radical (unpaired) electrons. The van der Waals surface area contributed by atoms with Gasteiger partial charge in [-0.3, -0.25) is 0 Å². The molecule has 1 N–H and O–H groups in total. The Morgan fingerprint density at radius 2 is 2.25 bits per heavy atom. The number of thiazole rings is 1. The van der Waals surface area contributed by atoms with Gasteiger partial charge in [0, 0.05) is 12.6 Å². The van der Waals surface area contributed by atoms with Crippen LogP contribution in [0.1, 0.15) is 13.8 Å². The number of aromatic nitrogens is 1. The number of hydrogen-bond acceptors (Lipinski definition) is 4. The van der Waals surface area contributed by atoms with Gasteiger partial charge in [-0.05, 0) is 19.9 Å². The average Bonchev–Trinajstić information content (AvgIpc) is 2.62. The molecular formula is C11H13ClN2OS. The van der Waals surface area contributed by atoms with E-state index in [1.165, 1.54) is 0 Å². The lowest BCUT2D eigenvalue weighted by molar-refractivity contribution is 0.341. The molecule has 0 saturated heterocycles. The molecule has 0 aliphatic heterocycles. The van der Waals surface area contributed by atoms with Crippen molar-refractivity contribution >= 4 is 38.3 Å². The maximum absolute atomic E-state index is 6.15. The molecule has 3 nitrogen and oxygen atoms in total. The number of ether oxygens (including phenoxy) is 1. The van der Waals surface area contributed by atoms with Crippen molar-refractivity contribution < 1.29 is 4.74 Å². The lowest BCUT2D eigenvalue weighted by Gasteiger charge is -2.02. The molecule has 1 aromatic carbocycles. The topological polar surface area (TPSA) is 34.2 Å². The van der Waals surface area contributed by atoms with Crippen molar-refractivity contribution in [2.75, 3.05) is 18.5 Å². The van der Waals surface area contributed by atoms with E-state index in [9.17, 15) is 0 Å². The number of hydrogen-bond donors (Lipinski definition) is 1. The zero-order valence-electron chi connectivity index (χ0n) is 9.21. The molecule has 0 amide bonds. The molecule has 0 atom stereocenters. The summed E-state index contributed by atoms with van der Waals surface area (Å²) in [6.45, 7) is 5.49. The van der Waals surface area contributed by atoms with E-state index in [0.29, 0.717) is 11.6 Å². The van der Waals surface area contributed by atoms with E-state index in [1.54, 1.807) is 11.3 Å². The molecule has 2 rings (SSSR count). The lowest BCUT2D eigenvalue weighted by atomic mass is 10.3. The summed E-state index contributed by atoms with van der Waals surface area (Å²) in [6, 6.07) is 3.78. The molecule has 0 fully saturated rings. The van der Waals surface area contributed by atoms with Crippen molar-refractivity contribution in [2.24, 2.45) is 0 Å². The van der Waals surface area contributed by atoms with Crippen molar-refractivity contribution in [3.63, 3.8) is 0 Å². The Hall–Kier alpha value is -1.000. The summed E-state index contributed by atoms with van der Waals surface area (Å²) in [7, 11) is 0. The first kappa shape index (κ1) is 11.5. The van der Waals surface area contributed by atoms with Crippen LogP contribution in [0.2, 0.25) is 5.02 Å². The van der Waals surface area contributed by atoms with E-state index < -0.39 is 0 Å². The summed E-state index contributed by atoms with van der Waals surface area (Å²) in [5, 5.41) is 4.72. The molecule has 86 valence electrons. The molecule has 0 saturated carbocycles. The largest absolute Gasteiger partial charge is 0.494 e. The molecule has 16 heavy (non-hydrogen) atoms. The number of nitrogens with one attached hydrogen (secondary N) is 1. The van der Waals surface area contributed by atoms with Crippen LogP contribution < -0.4 is 10.1 Å². The standard InChI is InChI=1S/C11H13ClN2OS/c1-3-13-11-14-10-8(12)5-7(15-4-2)6-9(10)16-11/h5-6H,3-4H2,1-2H3,(H,13,14). The Kier molecular flexibility index (Phi) is 3.51. The summed E-state index contributed by atoms with van der Waals surface area (Å²) in [5.74, 6) is 0.798. The average molecular weight is 257 g/mol. The van der Waals surface area contributed by atoms with Gasteiger partial charge in [-0.25, -0.2) is 4.98 Å². The number of anilines is 1. The van der Waals surface area contributed by atoms with E-state index in [4.69, 9.17) is 16.3 Å². The smallest absolute Gasteiger partial charge is 0.183 e. The minimum atomic E-state index is 0.640. The van der Waals surface area contributed by atoms with Crippen LogP contribution in [-0.4, -0.2) is 18.1 Å². The van der Waals surface area contributed by atoms with E-state index in [-0.39, 0.29) is 0 Å². The number of nitrogens with zero attached hydrogens (tertiary/aromatic N) is 1. The first-order valence-corrected chi connectivity index (χ1v) is 6.40. The summed E-state index contributed by atoms with van der Waals surface area (Å²) in [6.07, 6.45) is 0. The molecule has 0 unspecified atom stereocenters. The van der Waals surface area contributed by atoms with Gasteiger partial charge in [-0.1, -0.05) is 22.9 Å². The Bertz CT molecular complexity index is 498. The van der Waals surface area contributed by atoms with Crippen molar-refractivity contribution in [1.29, 1.82) is 0 Å². The van der Waals surface area contributed by atoms with Crippen LogP contribution in [0, 0.1) is 0 Å². The third-order valence-electron chi connectivity index (χ3n) is 2.06. The van der Waals surface area contributed by atoms with Gasteiger partial charge in [0.15, 0.2) is 5.13 Å². The van der Waals surface area contributed by atoms with E-state index in [1.807, 2.05) is 26.0 Å². The molecule has 0 bridgehead atoms. The van der Waals surface area contributed by atoms with Crippen LogP contribution in [0.15, 0.2) is 12.1 Å². The summed E-state index contributed by atoms with van der Waals surface area (Å²) in [5.41, 5.74) is 0.839. The van der Waals surface area contributed by atoms with Gasteiger partial charge in [-0.15, -0.1) is 0 Å². The second kappa shape index (κ2) is 4.89. The van der Waals surface area contributed by atoms with E-state index >= 15 is 0 Å². The van der Waals surface area contributed by atoms with E-state index in [0.717, 1.165) is 27.6 Å². The highest BCUT2D eigenvalue weighted by atomic mass is 35.5. The maximum Gasteiger partial charge on any atom is 0.183 e. The number of benzene rings is 1. The minimum absolute atomic E-state index is 0.640. The zero-order valence-corrected chi connectivity index (χ0v) is 10.8. The maximum atomic E-state index is 6.15. The SMILES string of the molecule is CCNc1nc2c(Cl)cc(OCC)cc2s1. The van der Waals surface area contributed by atoms with Crippen molar-refractivity contribution in [3.05, 3.63) is 17.2 Å². The van der Waals surface area contributed by atoms with Crippen molar-refractivity contribution in [3.8, 4) is 5.75 Å². The van der Waals surface area contributed by atoms with Gasteiger partial charge in [0.2, 0.25) is 0 Å². The highest BCUT2D eigenvalue weighted by Gasteiger charge is 2.09. The molecule has 1 heterocycles. The molecule has 0 spiro atoms. The molecular weight excluding hydrogens is 244 g/mol. The summed E-state index contributed by atoms with van der Waals surface area (Å²) in [4.78, 5) is 4.42. The first-order valence-electron chi connectivity index (χ1n) is 5.21. The van der Waals surface area contributed by atoms with Gasteiger partial charge in [0.05, 0.1) is 16.3 Å². The number of fused-ring (bicyclic) bond motifs is 1. The van der Waals surface area contributed by atoms with Crippen LogP contribution in [0.5, 0.6) is 5.75 Å². The second-order valence-electron chi connectivity index (χ2n) is 3.23. The Morgan fingerprint density at radius 3 is 2.94 bits per heavy atom. The molecule has 1 aromatic heterocycles. The first-order chi connectivity index (χ1) is 7.74. The quantitative estimate of drug-likeness (QED) is 0.904. The van der Waals surface area contributed by atoms with Crippen molar-refractivity contribution in [1.82, 2.24) is 4.98 Å². The van der Waals surface area contributed by atoms with Gasteiger partial charge < -0.3 is 10.1 Å². The van der Waals surface area contributed by atoms with Crippen molar-refractivity contribution in [2.45, 2.75) is 13.8 Å². The van der Waals surface area contributed by atoms with Gasteiger partial charge >= 0.3 is 0 Å². The predicted octanol–water partition coefficient (Wildman–Crippen LogP) is 3.78. The van der Waals surface area contributed by atoms with Crippen LogP contribution >= 0.6 is 22.9 Å². The highest BCUT2D eigenvalue weighted by Crippen LogP contribution is 2.34. The molecule has 5 heteroatoms. The predicted molar refractivity (Wildman–Crippen MR) is 70.0 cm³/mol. The Balaban J connectivity index is 2.45. The Labute approximate surface area is 103 Å². The van der Waals surface area contributed by atoms with Gasteiger partial charge in [0.25, 0.3) is 0 Å². The lowest BCUT2D eigenvalue weighted by Crippen LogP contribution is -1.94. The zero-order chi connectivity index (χ0) is 11.5. The van der Waals surface area contributed by atoms with Gasteiger partial charge in [0.1, 0.15) is 11.3 Å². The number of rotatable bonds is 4. The number of halogens is 1. The van der Waals surface area contributed by atoms with E-state index in [2.05, 4.69) is 10.3 Å². The van der Waals surface area contributed by atoms with Crippen LogP contribution in [0.25, 0.3) is 10.2 Å². The highest BCUT2D eigenvalue weighted by molar-refractivity contribution is 7.22. The fourth-order valence-corrected chi connectivity index (χ4v) is 2.74. The fourth-order valence-electron chi connectivity index (χ4n) is 1.44.